The zero-order valence-electron chi connectivity index (χ0n) is 14.5. The smallest absolute Gasteiger partial charge is 0.317 e. The van der Waals surface area contributed by atoms with Crippen molar-refractivity contribution < 1.29 is 19.1 Å². The Bertz CT molecular complexity index is 658. The first-order chi connectivity index (χ1) is 11.7. The molecule has 0 bridgehead atoms. The number of benzene rings is 1. The van der Waals surface area contributed by atoms with Gasteiger partial charge >= 0.3 is 12.0 Å². The van der Waals surface area contributed by atoms with Crippen molar-refractivity contribution in [1.29, 1.82) is 0 Å². The topological polar surface area (TPSA) is 72.9 Å². The summed E-state index contributed by atoms with van der Waals surface area (Å²) < 4.78 is 13.8. The van der Waals surface area contributed by atoms with Crippen molar-refractivity contribution in [2.45, 2.75) is 25.4 Å². The highest BCUT2D eigenvalue weighted by molar-refractivity contribution is 6.30. The quantitative estimate of drug-likeness (QED) is 0.834. The first-order valence-electron chi connectivity index (χ1n) is 8.10. The Morgan fingerprint density at radius 1 is 1.52 bits per heavy atom. The van der Waals surface area contributed by atoms with E-state index in [1.54, 1.807) is 20.0 Å². The fraction of sp³-hybridized carbons (Fsp3) is 0.529. The van der Waals surface area contributed by atoms with Crippen LogP contribution in [0.5, 0.6) is 0 Å². The van der Waals surface area contributed by atoms with E-state index >= 15 is 0 Å². The van der Waals surface area contributed by atoms with E-state index in [9.17, 15) is 14.0 Å². The van der Waals surface area contributed by atoms with Crippen LogP contribution < -0.4 is 5.32 Å². The molecule has 1 aromatic carbocycles. The molecule has 138 valence electrons. The van der Waals surface area contributed by atoms with E-state index in [1.807, 2.05) is 11.9 Å². The number of nitrogens with zero attached hydrogens (tertiary/aromatic N) is 2. The van der Waals surface area contributed by atoms with Crippen LogP contribution in [0.25, 0.3) is 0 Å². The number of carbonyl (C=O) groups is 2. The minimum absolute atomic E-state index is 0.0624. The lowest BCUT2D eigenvalue weighted by molar-refractivity contribution is -0.141. The van der Waals surface area contributed by atoms with E-state index in [1.165, 1.54) is 17.0 Å². The number of nitrogens with one attached hydrogen (secondary N) is 1. The van der Waals surface area contributed by atoms with Gasteiger partial charge in [0.2, 0.25) is 0 Å². The van der Waals surface area contributed by atoms with Crippen LogP contribution in [0.1, 0.15) is 24.9 Å². The number of likely N-dealkylation sites (tertiary alicyclic amines) is 1. The summed E-state index contributed by atoms with van der Waals surface area (Å²) in [4.78, 5) is 26.7. The molecule has 0 spiro atoms. The predicted molar refractivity (Wildman–Crippen MR) is 93.1 cm³/mol. The van der Waals surface area contributed by atoms with Crippen LogP contribution in [0.4, 0.5) is 9.18 Å². The number of halogens is 2. The summed E-state index contributed by atoms with van der Waals surface area (Å²) in [5.74, 6) is -2.09. The molecule has 1 fully saturated rings. The van der Waals surface area contributed by atoms with Crippen LogP contribution in [0.2, 0.25) is 5.02 Å². The third kappa shape index (κ3) is 4.61. The zero-order valence-corrected chi connectivity index (χ0v) is 15.3. The Morgan fingerprint density at radius 2 is 2.20 bits per heavy atom. The summed E-state index contributed by atoms with van der Waals surface area (Å²) in [5.41, 5.74) is 0.744. The van der Waals surface area contributed by atoms with Gasteiger partial charge in [-0.2, -0.15) is 0 Å². The normalized spacial score (nSPS) is 21.8. The molecule has 3 atom stereocenters. The molecular formula is C17H23ClFN3O3. The summed E-state index contributed by atoms with van der Waals surface area (Å²) in [7, 11) is 3.48. The maximum Gasteiger partial charge on any atom is 0.317 e. The van der Waals surface area contributed by atoms with E-state index in [0.717, 1.165) is 18.5 Å². The third-order valence-corrected chi connectivity index (χ3v) is 4.87. The lowest BCUT2D eigenvalue weighted by atomic mass is 10.00. The summed E-state index contributed by atoms with van der Waals surface area (Å²) in [5, 5.41) is 12.0. The first-order valence-corrected chi connectivity index (χ1v) is 8.48. The number of carbonyl (C=O) groups excluding carboxylic acids is 1. The minimum Gasteiger partial charge on any atom is -0.481 e. The van der Waals surface area contributed by atoms with Crippen molar-refractivity contribution in [2.75, 3.05) is 27.2 Å². The molecule has 8 heteroatoms. The van der Waals surface area contributed by atoms with Gasteiger partial charge in [0.25, 0.3) is 0 Å². The fourth-order valence-corrected chi connectivity index (χ4v) is 3.24. The van der Waals surface area contributed by atoms with Crippen molar-refractivity contribution in [1.82, 2.24) is 15.1 Å². The molecule has 0 aliphatic carbocycles. The second-order valence-corrected chi connectivity index (χ2v) is 6.97. The molecule has 1 aliphatic rings. The second kappa shape index (κ2) is 8.01. The Kier molecular flexibility index (Phi) is 6.24. The molecule has 1 heterocycles. The van der Waals surface area contributed by atoms with Crippen molar-refractivity contribution in [2.24, 2.45) is 5.92 Å². The Hall–Kier alpha value is -1.86. The molecule has 0 saturated carbocycles. The van der Waals surface area contributed by atoms with Crippen LogP contribution in [-0.2, 0) is 4.79 Å². The summed E-state index contributed by atoms with van der Waals surface area (Å²) in [6.07, 6.45) is 0.722. The molecule has 1 saturated heterocycles. The Balaban J connectivity index is 2.08. The largest absolute Gasteiger partial charge is 0.481 e. The monoisotopic (exact) mass is 371 g/mol. The van der Waals surface area contributed by atoms with Crippen LogP contribution >= 0.6 is 11.6 Å². The van der Waals surface area contributed by atoms with Crippen LogP contribution in [0.3, 0.4) is 0 Å². The lowest BCUT2D eigenvalue weighted by Crippen LogP contribution is -2.46. The maximum atomic E-state index is 13.8. The first kappa shape index (κ1) is 19.5. The highest BCUT2D eigenvalue weighted by Crippen LogP contribution is 2.32. The molecule has 2 N–H and O–H groups in total. The van der Waals surface area contributed by atoms with E-state index in [4.69, 9.17) is 16.7 Å². The van der Waals surface area contributed by atoms with Crippen molar-refractivity contribution in [3.63, 3.8) is 0 Å². The minimum atomic E-state index is -0.949. The van der Waals surface area contributed by atoms with Gasteiger partial charge in [0.1, 0.15) is 5.82 Å². The highest BCUT2D eigenvalue weighted by atomic mass is 35.5. The molecule has 25 heavy (non-hydrogen) atoms. The summed E-state index contributed by atoms with van der Waals surface area (Å²) >= 11 is 5.75. The van der Waals surface area contributed by atoms with E-state index in [2.05, 4.69) is 5.32 Å². The van der Waals surface area contributed by atoms with Crippen molar-refractivity contribution >= 4 is 23.6 Å². The number of likely N-dealkylation sites (N-methyl/N-ethyl adjacent to an activating group) is 1. The molecule has 1 aliphatic heterocycles. The number of amides is 2. The number of carboxylic acid groups (broad SMARTS) is 1. The van der Waals surface area contributed by atoms with E-state index in [-0.39, 0.29) is 29.7 Å². The number of hydrogen-bond acceptors (Lipinski definition) is 3. The van der Waals surface area contributed by atoms with Gasteiger partial charge in [0.15, 0.2) is 0 Å². The average molecular weight is 372 g/mol. The van der Waals surface area contributed by atoms with Crippen LogP contribution in [0.15, 0.2) is 18.2 Å². The molecule has 2 amide bonds. The van der Waals surface area contributed by atoms with Gasteiger partial charge in [-0.1, -0.05) is 24.6 Å². The van der Waals surface area contributed by atoms with Gasteiger partial charge in [-0.15, -0.1) is 0 Å². The van der Waals surface area contributed by atoms with Crippen LogP contribution in [-0.4, -0.2) is 60.1 Å². The predicted octanol–water partition coefficient (Wildman–Crippen LogP) is 2.59. The standard InChI is InChI=1S/C17H23ClFN3O3/c1-10(16(23)24)9-22(3)17(25)20-14-6-7-21(2)15(14)11-4-5-12(18)13(19)8-11/h4-5,8,10,14-15H,6-7,9H2,1-3H3,(H,20,25)(H,23,24). The molecule has 1 aromatic rings. The van der Waals surface area contributed by atoms with Gasteiger partial charge in [0.05, 0.1) is 23.0 Å². The SMILES string of the molecule is CC(CN(C)C(=O)NC1CCN(C)C1c1ccc(Cl)c(F)c1)C(=O)O. The second-order valence-electron chi connectivity index (χ2n) is 6.56. The summed E-state index contributed by atoms with van der Waals surface area (Å²) in [6.45, 7) is 2.42. The van der Waals surface area contributed by atoms with Gasteiger partial charge in [-0.3, -0.25) is 9.69 Å². The third-order valence-electron chi connectivity index (χ3n) is 4.56. The zero-order chi connectivity index (χ0) is 18.7. The summed E-state index contributed by atoms with van der Waals surface area (Å²) in [6, 6.07) is 3.96. The molecule has 3 unspecified atom stereocenters. The van der Waals surface area contributed by atoms with Gasteiger partial charge in [-0.25, -0.2) is 9.18 Å². The van der Waals surface area contributed by atoms with Gasteiger partial charge < -0.3 is 15.3 Å². The molecular weight excluding hydrogens is 349 g/mol. The number of urea groups is 1. The van der Waals surface area contributed by atoms with E-state index in [0.29, 0.717) is 0 Å². The number of rotatable bonds is 5. The Morgan fingerprint density at radius 3 is 2.80 bits per heavy atom. The average Bonchev–Trinajstić information content (AvgIpc) is 2.90. The van der Waals surface area contributed by atoms with Gasteiger partial charge in [-0.05, 0) is 31.2 Å². The van der Waals surface area contributed by atoms with Crippen molar-refractivity contribution in [3.05, 3.63) is 34.6 Å². The van der Waals surface area contributed by atoms with Crippen LogP contribution in [0, 0.1) is 11.7 Å². The molecule has 2 rings (SSSR count). The van der Waals surface area contributed by atoms with E-state index < -0.39 is 17.7 Å². The molecule has 6 nitrogen and oxygen atoms in total. The molecule has 0 radical (unpaired) electrons. The molecule has 0 aromatic heterocycles. The van der Waals surface area contributed by atoms with Gasteiger partial charge in [0, 0.05) is 20.1 Å². The fourth-order valence-electron chi connectivity index (χ4n) is 3.12. The number of aliphatic carboxylic acids is 1. The highest BCUT2D eigenvalue weighted by Gasteiger charge is 2.35. The number of hydrogen-bond donors (Lipinski definition) is 2. The maximum absolute atomic E-state index is 13.8. The number of carboxylic acids is 1. The Labute approximate surface area is 151 Å². The van der Waals surface area contributed by atoms with Crippen molar-refractivity contribution in [3.8, 4) is 0 Å². The lowest BCUT2D eigenvalue weighted by Gasteiger charge is -2.28.